The van der Waals surface area contributed by atoms with Crippen molar-refractivity contribution in [3.05, 3.63) is 53.0 Å². The molecule has 2 aromatic heterocycles. The Morgan fingerprint density at radius 1 is 1.19 bits per heavy atom. The van der Waals surface area contributed by atoms with Gasteiger partial charge in [0.05, 0.1) is 17.3 Å². The molecule has 0 N–H and O–H groups in total. The Labute approximate surface area is 151 Å². The third-order valence-electron chi connectivity index (χ3n) is 4.99. The number of aryl methyl sites for hydroxylation is 2. The fourth-order valence-electron chi connectivity index (χ4n) is 3.50. The summed E-state index contributed by atoms with van der Waals surface area (Å²) < 4.78 is 25.1. The van der Waals surface area contributed by atoms with E-state index in [1.54, 1.807) is 18.2 Å². The zero-order valence-corrected chi connectivity index (χ0v) is 14.9. The first-order valence-corrected chi connectivity index (χ1v) is 8.87. The number of nitrogens with zero attached hydrogens (tertiary/aromatic N) is 4. The Bertz CT molecular complexity index is 885. The van der Waals surface area contributed by atoms with E-state index in [2.05, 4.69) is 20.3 Å². The topological polar surface area (TPSA) is 68.2 Å². The van der Waals surface area contributed by atoms with Gasteiger partial charge in [-0.25, -0.2) is 4.39 Å². The van der Waals surface area contributed by atoms with Gasteiger partial charge in [0.15, 0.2) is 0 Å². The van der Waals surface area contributed by atoms with Gasteiger partial charge >= 0.3 is 0 Å². The van der Waals surface area contributed by atoms with E-state index in [4.69, 9.17) is 8.94 Å². The monoisotopic (exact) mass is 356 g/mol. The van der Waals surface area contributed by atoms with Gasteiger partial charge in [-0.1, -0.05) is 23.7 Å². The van der Waals surface area contributed by atoms with Gasteiger partial charge in [-0.2, -0.15) is 0 Å². The standard InChI is InChI=1S/C19H21FN4O2/c1-12-15(13(2)26-23-12)11-24-10-6-5-9-17(24)19-22-21-18(25-19)14-7-3-4-8-16(14)20/h3-4,7-8,17H,5-6,9-11H2,1-2H3/t17-/m1/s1. The summed E-state index contributed by atoms with van der Waals surface area (Å²) in [6, 6.07) is 6.46. The smallest absolute Gasteiger partial charge is 0.250 e. The van der Waals surface area contributed by atoms with Crippen molar-refractivity contribution in [2.24, 2.45) is 0 Å². The first-order valence-electron chi connectivity index (χ1n) is 8.87. The molecular weight excluding hydrogens is 335 g/mol. The second-order valence-electron chi connectivity index (χ2n) is 6.71. The lowest BCUT2D eigenvalue weighted by molar-refractivity contribution is 0.117. The Morgan fingerprint density at radius 2 is 2.04 bits per heavy atom. The molecule has 3 aromatic rings. The van der Waals surface area contributed by atoms with Crippen LogP contribution in [0.4, 0.5) is 4.39 Å². The largest absolute Gasteiger partial charge is 0.419 e. The van der Waals surface area contributed by atoms with Crippen LogP contribution < -0.4 is 0 Å². The van der Waals surface area contributed by atoms with Crippen molar-refractivity contribution in [1.29, 1.82) is 0 Å². The minimum atomic E-state index is -0.362. The average Bonchev–Trinajstić information content (AvgIpc) is 3.25. The molecule has 0 unspecified atom stereocenters. The number of halogens is 1. The van der Waals surface area contributed by atoms with Crippen LogP contribution in [-0.2, 0) is 6.54 Å². The lowest BCUT2D eigenvalue weighted by Gasteiger charge is -2.33. The van der Waals surface area contributed by atoms with Gasteiger partial charge in [0.1, 0.15) is 11.6 Å². The highest BCUT2D eigenvalue weighted by Gasteiger charge is 2.30. The van der Waals surface area contributed by atoms with Gasteiger partial charge in [0.2, 0.25) is 5.89 Å². The molecule has 6 nitrogen and oxygen atoms in total. The van der Waals surface area contributed by atoms with Crippen molar-refractivity contribution < 1.29 is 13.3 Å². The zero-order valence-electron chi connectivity index (χ0n) is 14.9. The van der Waals surface area contributed by atoms with E-state index < -0.39 is 0 Å². The number of likely N-dealkylation sites (tertiary alicyclic amines) is 1. The highest BCUT2D eigenvalue weighted by molar-refractivity contribution is 5.53. The van der Waals surface area contributed by atoms with E-state index >= 15 is 0 Å². The molecule has 0 bridgehead atoms. The van der Waals surface area contributed by atoms with E-state index in [1.165, 1.54) is 6.07 Å². The molecule has 26 heavy (non-hydrogen) atoms. The van der Waals surface area contributed by atoms with Crippen molar-refractivity contribution in [3.63, 3.8) is 0 Å². The first-order chi connectivity index (χ1) is 12.6. The predicted molar refractivity (Wildman–Crippen MR) is 92.7 cm³/mol. The Morgan fingerprint density at radius 3 is 2.81 bits per heavy atom. The van der Waals surface area contributed by atoms with Gasteiger partial charge < -0.3 is 8.94 Å². The lowest BCUT2D eigenvalue weighted by atomic mass is 10.0. The van der Waals surface area contributed by atoms with Crippen LogP contribution in [0.25, 0.3) is 11.5 Å². The van der Waals surface area contributed by atoms with E-state index in [9.17, 15) is 4.39 Å². The van der Waals surface area contributed by atoms with E-state index in [0.29, 0.717) is 11.5 Å². The average molecular weight is 356 g/mol. The van der Waals surface area contributed by atoms with Crippen LogP contribution in [0.5, 0.6) is 0 Å². The van der Waals surface area contributed by atoms with Crippen LogP contribution in [-0.4, -0.2) is 26.8 Å². The number of piperidine rings is 1. The molecule has 1 aliphatic heterocycles. The van der Waals surface area contributed by atoms with Crippen LogP contribution in [0.1, 0.15) is 48.2 Å². The van der Waals surface area contributed by atoms with Crippen molar-refractivity contribution in [2.45, 2.75) is 45.7 Å². The summed E-state index contributed by atoms with van der Waals surface area (Å²) in [7, 11) is 0. The van der Waals surface area contributed by atoms with Crippen molar-refractivity contribution >= 4 is 0 Å². The molecule has 136 valence electrons. The second-order valence-corrected chi connectivity index (χ2v) is 6.71. The molecule has 3 heterocycles. The molecule has 1 saturated heterocycles. The van der Waals surface area contributed by atoms with Gasteiger partial charge in [0.25, 0.3) is 5.89 Å². The molecule has 0 saturated carbocycles. The molecule has 4 rings (SSSR count). The summed E-state index contributed by atoms with van der Waals surface area (Å²) in [5.74, 6) is 1.24. The summed E-state index contributed by atoms with van der Waals surface area (Å²) in [6.45, 7) is 5.54. The number of hydrogen-bond acceptors (Lipinski definition) is 6. The van der Waals surface area contributed by atoms with Crippen LogP contribution in [0, 0.1) is 19.7 Å². The lowest BCUT2D eigenvalue weighted by Crippen LogP contribution is -2.33. The SMILES string of the molecule is Cc1noc(C)c1CN1CCCC[C@@H]1c1nnc(-c2ccccc2F)o1. The summed E-state index contributed by atoms with van der Waals surface area (Å²) in [4.78, 5) is 2.31. The molecule has 1 aliphatic rings. The highest BCUT2D eigenvalue weighted by atomic mass is 19.1. The molecule has 1 atom stereocenters. The minimum absolute atomic E-state index is 0.0190. The van der Waals surface area contributed by atoms with E-state index in [1.807, 2.05) is 13.8 Å². The van der Waals surface area contributed by atoms with Crippen molar-refractivity contribution in [1.82, 2.24) is 20.3 Å². The summed E-state index contributed by atoms with van der Waals surface area (Å²) in [6.07, 6.45) is 3.15. The molecular formula is C19H21FN4O2. The van der Waals surface area contributed by atoms with Crippen LogP contribution in [0.2, 0.25) is 0 Å². The van der Waals surface area contributed by atoms with Crippen LogP contribution >= 0.6 is 0 Å². The maximum absolute atomic E-state index is 14.0. The number of benzene rings is 1. The van der Waals surface area contributed by atoms with Gasteiger partial charge in [-0.3, -0.25) is 4.90 Å². The fourth-order valence-corrected chi connectivity index (χ4v) is 3.50. The van der Waals surface area contributed by atoms with E-state index in [-0.39, 0.29) is 17.7 Å². The van der Waals surface area contributed by atoms with Crippen LogP contribution in [0.3, 0.4) is 0 Å². The molecule has 7 heteroatoms. The molecule has 0 spiro atoms. The third kappa shape index (κ3) is 3.14. The minimum Gasteiger partial charge on any atom is -0.419 e. The maximum atomic E-state index is 14.0. The Kier molecular flexibility index (Phi) is 4.55. The van der Waals surface area contributed by atoms with Crippen LogP contribution in [0.15, 0.2) is 33.2 Å². The highest BCUT2D eigenvalue weighted by Crippen LogP contribution is 2.34. The zero-order chi connectivity index (χ0) is 18.1. The molecule has 0 amide bonds. The normalized spacial score (nSPS) is 18.3. The molecule has 1 fully saturated rings. The molecule has 0 radical (unpaired) electrons. The number of hydrogen-bond donors (Lipinski definition) is 0. The van der Waals surface area contributed by atoms with Crippen molar-refractivity contribution in [3.8, 4) is 11.5 Å². The Hall–Kier alpha value is -2.54. The summed E-state index contributed by atoms with van der Waals surface area (Å²) >= 11 is 0. The predicted octanol–water partition coefficient (Wildman–Crippen LogP) is 4.21. The number of aromatic nitrogens is 3. The van der Waals surface area contributed by atoms with Crippen molar-refractivity contribution in [2.75, 3.05) is 6.54 Å². The third-order valence-corrected chi connectivity index (χ3v) is 4.99. The van der Waals surface area contributed by atoms with Gasteiger partial charge in [0, 0.05) is 12.1 Å². The Balaban J connectivity index is 1.60. The maximum Gasteiger partial charge on any atom is 0.250 e. The summed E-state index contributed by atoms with van der Waals surface area (Å²) in [5, 5.41) is 12.3. The molecule has 0 aliphatic carbocycles. The van der Waals surface area contributed by atoms with E-state index in [0.717, 1.165) is 49.4 Å². The second kappa shape index (κ2) is 6.99. The first kappa shape index (κ1) is 16.9. The van der Waals surface area contributed by atoms with Gasteiger partial charge in [-0.05, 0) is 45.4 Å². The molecule has 1 aromatic carbocycles. The number of rotatable bonds is 4. The fraction of sp³-hybridized carbons (Fsp3) is 0.421. The quantitative estimate of drug-likeness (QED) is 0.698. The van der Waals surface area contributed by atoms with Gasteiger partial charge in [-0.15, -0.1) is 10.2 Å². The summed E-state index contributed by atoms with van der Waals surface area (Å²) in [5.41, 5.74) is 2.34.